The monoisotopic (exact) mass is 293 g/mol. The maximum atomic E-state index is 5.97. The molecule has 0 aliphatic carbocycles. The van der Waals surface area contributed by atoms with E-state index >= 15 is 0 Å². The topological polar surface area (TPSA) is 35.2 Å². The van der Waals surface area contributed by atoms with E-state index in [0.717, 1.165) is 16.4 Å². The second-order valence-electron chi connectivity index (χ2n) is 4.20. The molecular formula is C15H16ClNOS. The van der Waals surface area contributed by atoms with Gasteiger partial charge in [-0.1, -0.05) is 23.7 Å². The van der Waals surface area contributed by atoms with Gasteiger partial charge in [0.15, 0.2) is 0 Å². The van der Waals surface area contributed by atoms with Crippen molar-refractivity contribution in [1.29, 1.82) is 0 Å². The molecule has 0 atom stereocenters. The quantitative estimate of drug-likeness (QED) is 0.504. The molecule has 2 N–H and O–H groups in total. The molecule has 4 heteroatoms. The molecule has 0 heterocycles. The number of ether oxygens (including phenoxy) is 1. The first-order valence-corrected chi connectivity index (χ1v) is 7.39. The number of halogens is 1. The summed E-state index contributed by atoms with van der Waals surface area (Å²) < 4.78 is 5.68. The van der Waals surface area contributed by atoms with Gasteiger partial charge in [0, 0.05) is 10.6 Å². The molecule has 0 saturated carbocycles. The molecular weight excluding hydrogens is 278 g/mol. The molecule has 0 bridgehead atoms. The summed E-state index contributed by atoms with van der Waals surface area (Å²) in [6.07, 6.45) is 0. The lowest BCUT2D eigenvalue weighted by Crippen LogP contribution is -2.00. The fraction of sp³-hybridized carbons (Fsp3) is 0.200. The van der Waals surface area contributed by atoms with Crippen LogP contribution in [-0.2, 0) is 0 Å². The normalized spacial score (nSPS) is 10.4. The second-order valence-corrected chi connectivity index (χ2v) is 5.77. The Labute approximate surface area is 122 Å². The highest BCUT2D eigenvalue weighted by Crippen LogP contribution is 2.26. The van der Waals surface area contributed by atoms with Crippen LogP contribution in [0.15, 0.2) is 47.4 Å². The lowest BCUT2D eigenvalue weighted by Gasteiger charge is -2.07. The highest BCUT2D eigenvalue weighted by atomic mass is 35.5. The number of aryl methyl sites for hydroxylation is 1. The third-order valence-corrected chi connectivity index (χ3v) is 3.87. The van der Waals surface area contributed by atoms with E-state index in [-0.39, 0.29) is 0 Å². The molecule has 0 fully saturated rings. The largest absolute Gasteiger partial charge is 0.493 e. The van der Waals surface area contributed by atoms with Crippen LogP contribution in [0.25, 0.3) is 0 Å². The van der Waals surface area contributed by atoms with Gasteiger partial charge in [0.2, 0.25) is 0 Å². The predicted octanol–water partition coefficient (Wildman–Crippen LogP) is 4.40. The van der Waals surface area contributed by atoms with Gasteiger partial charge in [-0.2, -0.15) is 0 Å². The van der Waals surface area contributed by atoms with Crippen LogP contribution in [-0.4, -0.2) is 12.4 Å². The minimum absolute atomic E-state index is 0.601. The minimum Gasteiger partial charge on any atom is -0.493 e. The zero-order chi connectivity index (χ0) is 13.7. The standard InChI is InChI=1S/C15H16ClNOS/c1-11-3-2-4-12(9-11)18-7-8-19-13-5-6-15(17)14(16)10-13/h2-6,9-10H,7-8,17H2,1H3. The molecule has 0 aromatic heterocycles. The number of benzene rings is 2. The molecule has 2 rings (SSSR count). The van der Waals surface area contributed by atoms with Crippen molar-refractivity contribution in [2.24, 2.45) is 0 Å². The van der Waals surface area contributed by atoms with Gasteiger partial charge in [0.25, 0.3) is 0 Å². The highest BCUT2D eigenvalue weighted by molar-refractivity contribution is 7.99. The maximum Gasteiger partial charge on any atom is 0.119 e. The molecule has 0 spiro atoms. The van der Waals surface area contributed by atoms with Gasteiger partial charge in [0.05, 0.1) is 17.3 Å². The van der Waals surface area contributed by atoms with Crippen molar-refractivity contribution < 1.29 is 4.74 Å². The molecule has 0 saturated heterocycles. The van der Waals surface area contributed by atoms with Gasteiger partial charge >= 0.3 is 0 Å². The van der Waals surface area contributed by atoms with Crippen LogP contribution >= 0.6 is 23.4 Å². The molecule has 2 aromatic rings. The molecule has 100 valence electrons. The van der Waals surface area contributed by atoms with E-state index in [9.17, 15) is 0 Å². The molecule has 0 aliphatic heterocycles. The fourth-order valence-corrected chi connectivity index (χ4v) is 2.63. The summed E-state index contributed by atoms with van der Waals surface area (Å²) in [5.41, 5.74) is 7.48. The number of thioether (sulfide) groups is 1. The van der Waals surface area contributed by atoms with Gasteiger partial charge in [-0.15, -0.1) is 11.8 Å². The molecule has 0 amide bonds. The Hall–Kier alpha value is -1.32. The third kappa shape index (κ3) is 4.37. The summed E-state index contributed by atoms with van der Waals surface area (Å²) >= 11 is 7.67. The van der Waals surface area contributed by atoms with Crippen LogP contribution < -0.4 is 10.5 Å². The van der Waals surface area contributed by atoms with Gasteiger partial charge in [-0.05, 0) is 42.8 Å². The third-order valence-electron chi connectivity index (χ3n) is 2.58. The van der Waals surface area contributed by atoms with Gasteiger partial charge in [-0.25, -0.2) is 0 Å². The first-order chi connectivity index (χ1) is 9.15. The average Bonchev–Trinajstić information content (AvgIpc) is 2.39. The van der Waals surface area contributed by atoms with E-state index in [1.165, 1.54) is 5.56 Å². The van der Waals surface area contributed by atoms with Crippen LogP contribution in [0.3, 0.4) is 0 Å². The fourth-order valence-electron chi connectivity index (χ4n) is 1.62. The highest BCUT2D eigenvalue weighted by Gasteiger charge is 2.00. The van der Waals surface area contributed by atoms with Crippen LogP contribution in [0.2, 0.25) is 5.02 Å². The number of nitrogen functional groups attached to an aromatic ring is 1. The molecule has 2 aromatic carbocycles. The van der Waals surface area contributed by atoms with Crippen molar-refractivity contribution >= 4 is 29.1 Å². The van der Waals surface area contributed by atoms with E-state index < -0.39 is 0 Å². The van der Waals surface area contributed by atoms with E-state index in [4.69, 9.17) is 22.1 Å². The van der Waals surface area contributed by atoms with E-state index in [0.29, 0.717) is 17.3 Å². The zero-order valence-electron chi connectivity index (χ0n) is 10.7. The summed E-state index contributed by atoms with van der Waals surface area (Å²) in [4.78, 5) is 1.10. The summed E-state index contributed by atoms with van der Waals surface area (Å²) in [7, 11) is 0. The van der Waals surface area contributed by atoms with E-state index in [1.807, 2.05) is 36.4 Å². The number of nitrogens with two attached hydrogens (primary N) is 1. The molecule has 19 heavy (non-hydrogen) atoms. The van der Waals surface area contributed by atoms with Crippen LogP contribution in [0, 0.1) is 6.92 Å². The Morgan fingerprint density at radius 3 is 2.79 bits per heavy atom. The Balaban J connectivity index is 1.79. The zero-order valence-corrected chi connectivity index (χ0v) is 12.3. The average molecular weight is 294 g/mol. The van der Waals surface area contributed by atoms with Crippen molar-refractivity contribution in [1.82, 2.24) is 0 Å². The maximum absolute atomic E-state index is 5.97. The Morgan fingerprint density at radius 2 is 2.05 bits per heavy atom. The summed E-state index contributed by atoms with van der Waals surface area (Å²) in [6, 6.07) is 13.7. The van der Waals surface area contributed by atoms with Crippen molar-refractivity contribution in [3.8, 4) is 5.75 Å². The van der Waals surface area contributed by atoms with Gasteiger partial charge in [-0.3, -0.25) is 0 Å². The molecule has 0 unspecified atom stereocenters. The number of anilines is 1. The summed E-state index contributed by atoms with van der Waals surface area (Å²) in [6.45, 7) is 2.72. The molecule has 0 aliphatic rings. The second kappa shape index (κ2) is 6.73. The first-order valence-electron chi connectivity index (χ1n) is 6.02. The van der Waals surface area contributed by atoms with Gasteiger partial charge in [0.1, 0.15) is 5.75 Å². The lowest BCUT2D eigenvalue weighted by atomic mass is 10.2. The van der Waals surface area contributed by atoms with Crippen molar-refractivity contribution in [3.05, 3.63) is 53.1 Å². The Kier molecular flexibility index (Phi) is 5.00. The van der Waals surface area contributed by atoms with Crippen LogP contribution in [0.1, 0.15) is 5.56 Å². The van der Waals surface area contributed by atoms with Crippen LogP contribution in [0.4, 0.5) is 5.69 Å². The van der Waals surface area contributed by atoms with Crippen molar-refractivity contribution in [2.75, 3.05) is 18.1 Å². The van der Waals surface area contributed by atoms with Crippen molar-refractivity contribution in [2.45, 2.75) is 11.8 Å². The lowest BCUT2D eigenvalue weighted by molar-refractivity contribution is 0.344. The minimum atomic E-state index is 0.601. The number of hydrogen-bond donors (Lipinski definition) is 1. The van der Waals surface area contributed by atoms with Gasteiger partial charge < -0.3 is 10.5 Å². The van der Waals surface area contributed by atoms with Crippen LogP contribution in [0.5, 0.6) is 5.75 Å². The predicted molar refractivity (Wildman–Crippen MR) is 83.3 cm³/mol. The molecule has 0 radical (unpaired) electrons. The van der Waals surface area contributed by atoms with E-state index in [1.54, 1.807) is 11.8 Å². The number of rotatable bonds is 5. The number of hydrogen-bond acceptors (Lipinski definition) is 3. The SMILES string of the molecule is Cc1cccc(OCCSc2ccc(N)c(Cl)c2)c1. The summed E-state index contributed by atoms with van der Waals surface area (Å²) in [5, 5.41) is 0.601. The Morgan fingerprint density at radius 1 is 1.21 bits per heavy atom. The summed E-state index contributed by atoms with van der Waals surface area (Å²) in [5.74, 6) is 1.78. The first kappa shape index (κ1) is 14.1. The van der Waals surface area contributed by atoms with Crippen molar-refractivity contribution in [3.63, 3.8) is 0 Å². The smallest absolute Gasteiger partial charge is 0.119 e. The van der Waals surface area contributed by atoms with E-state index in [2.05, 4.69) is 13.0 Å². The Bertz CT molecular complexity index is 560. The molecule has 2 nitrogen and oxygen atoms in total.